The van der Waals surface area contributed by atoms with Crippen LogP contribution in [0.1, 0.15) is 33.3 Å². The third-order valence-corrected chi connectivity index (χ3v) is 7.02. The van der Waals surface area contributed by atoms with E-state index >= 15 is 0 Å². The molecule has 0 radical (unpaired) electrons. The number of aryl methyl sites for hydroxylation is 1. The van der Waals surface area contributed by atoms with Crippen molar-refractivity contribution >= 4 is 16.0 Å². The van der Waals surface area contributed by atoms with Crippen molar-refractivity contribution in [3.8, 4) is 0 Å². The van der Waals surface area contributed by atoms with Crippen molar-refractivity contribution in [3.63, 3.8) is 0 Å². The molecule has 10 heteroatoms. The van der Waals surface area contributed by atoms with Crippen LogP contribution in [0, 0.1) is 18.8 Å². The highest BCUT2D eigenvalue weighted by Crippen LogP contribution is 2.40. The van der Waals surface area contributed by atoms with Crippen LogP contribution in [-0.4, -0.2) is 57.5 Å². The highest BCUT2D eigenvalue weighted by atomic mass is 32.2. The number of hydrogen-bond acceptors (Lipinski definition) is 8. The second kappa shape index (κ2) is 8.09. The van der Waals surface area contributed by atoms with E-state index in [1.165, 1.54) is 12.1 Å². The number of carbonyl (C=O) groups is 1. The van der Waals surface area contributed by atoms with E-state index in [2.05, 4.69) is 5.32 Å². The first-order chi connectivity index (χ1) is 14.5. The average molecular weight is 456 g/mol. The van der Waals surface area contributed by atoms with Gasteiger partial charge in [0, 0.05) is 0 Å². The SMILES string of the molecule is Cc1ccc(S(=O)(=O)OC[C@H]2O[C@@H]3OC(C)(C)O[C@@H]3[C@H]2O[C@H]2NC(=O)[C@@H]2C(C)C)cc1. The van der Waals surface area contributed by atoms with Crippen molar-refractivity contribution in [1.29, 1.82) is 0 Å². The molecule has 1 N–H and O–H groups in total. The lowest BCUT2D eigenvalue weighted by molar-refractivity contribution is -0.232. The molecule has 1 aromatic rings. The number of carbonyl (C=O) groups excluding carboxylic acids is 1. The molecule has 3 fully saturated rings. The van der Waals surface area contributed by atoms with Gasteiger partial charge in [0.1, 0.15) is 24.5 Å². The summed E-state index contributed by atoms with van der Waals surface area (Å²) in [5.74, 6) is -1.15. The summed E-state index contributed by atoms with van der Waals surface area (Å²) in [7, 11) is -3.97. The van der Waals surface area contributed by atoms with Crippen LogP contribution in [0.2, 0.25) is 0 Å². The molecule has 0 aliphatic carbocycles. The zero-order valence-electron chi connectivity index (χ0n) is 18.2. The summed E-state index contributed by atoms with van der Waals surface area (Å²) in [6, 6.07) is 6.39. The van der Waals surface area contributed by atoms with Gasteiger partial charge in [-0.25, -0.2) is 0 Å². The summed E-state index contributed by atoms with van der Waals surface area (Å²) in [5, 5.41) is 2.75. The van der Waals surface area contributed by atoms with Gasteiger partial charge in [0.05, 0.1) is 17.4 Å². The zero-order chi connectivity index (χ0) is 22.6. The number of benzene rings is 1. The molecular formula is C21H29NO8S. The van der Waals surface area contributed by atoms with E-state index in [1.54, 1.807) is 26.0 Å². The summed E-state index contributed by atoms with van der Waals surface area (Å²) in [6.07, 6.45) is -3.23. The number of rotatable bonds is 7. The van der Waals surface area contributed by atoms with E-state index in [4.69, 9.17) is 23.1 Å². The Morgan fingerprint density at radius 1 is 1.16 bits per heavy atom. The van der Waals surface area contributed by atoms with Crippen molar-refractivity contribution in [3.05, 3.63) is 29.8 Å². The van der Waals surface area contributed by atoms with Crippen molar-refractivity contribution in [2.45, 2.75) is 76.1 Å². The molecule has 3 saturated heterocycles. The van der Waals surface area contributed by atoms with Gasteiger partial charge in [0.2, 0.25) is 5.91 Å². The smallest absolute Gasteiger partial charge is 0.297 e. The molecule has 9 nitrogen and oxygen atoms in total. The van der Waals surface area contributed by atoms with Crippen LogP contribution in [0.3, 0.4) is 0 Å². The lowest BCUT2D eigenvalue weighted by Crippen LogP contribution is -2.63. The normalized spacial score (nSPS) is 34.5. The Bertz CT molecular complexity index is 929. The van der Waals surface area contributed by atoms with Crippen LogP contribution in [0.4, 0.5) is 0 Å². The molecule has 0 bridgehead atoms. The minimum absolute atomic E-state index is 0.0634. The molecule has 0 spiro atoms. The van der Waals surface area contributed by atoms with Crippen LogP contribution in [0.15, 0.2) is 29.2 Å². The Kier molecular flexibility index (Phi) is 5.91. The maximum absolute atomic E-state index is 12.6. The minimum Gasteiger partial charge on any atom is -0.349 e. The van der Waals surface area contributed by atoms with Gasteiger partial charge in [-0.3, -0.25) is 8.98 Å². The highest BCUT2D eigenvalue weighted by Gasteiger charge is 2.57. The molecule has 0 unspecified atom stereocenters. The predicted octanol–water partition coefficient (Wildman–Crippen LogP) is 1.69. The van der Waals surface area contributed by atoms with E-state index in [0.717, 1.165) is 5.56 Å². The molecule has 1 amide bonds. The second-order valence-corrected chi connectivity index (χ2v) is 10.6. The van der Waals surface area contributed by atoms with Crippen LogP contribution >= 0.6 is 0 Å². The molecule has 172 valence electrons. The fourth-order valence-electron chi connectivity index (χ4n) is 4.08. The molecule has 3 aliphatic rings. The van der Waals surface area contributed by atoms with Crippen molar-refractivity contribution in [2.75, 3.05) is 6.61 Å². The molecule has 0 saturated carbocycles. The Morgan fingerprint density at radius 3 is 2.45 bits per heavy atom. The molecule has 3 heterocycles. The fraction of sp³-hybridized carbons (Fsp3) is 0.667. The van der Waals surface area contributed by atoms with Gasteiger partial charge in [-0.1, -0.05) is 31.5 Å². The van der Waals surface area contributed by atoms with Gasteiger partial charge in [0.15, 0.2) is 12.1 Å². The maximum Gasteiger partial charge on any atom is 0.297 e. The van der Waals surface area contributed by atoms with Crippen LogP contribution in [0.25, 0.3) is 0 Å². The third kappa shape index (κ3) is 4.50. The molecule has 3 aliphatic heterocycles. The maximum atomic E-state index is 12.6. The van der Waals surface area contributed by atoms with Gasteiger partial charge >= 0.3 is 0 Å². The number of fused-ring (bicyclic) bond motifs is 1. The number of hydrogen-bond donors (Lipinski definition) is 1. The molecular weight excluding hydrogens is 426 g/mol. The number of ether oxygens (including phenoxy) is 4. The molecule has 1 aromatic carbocycles. The predicted molar refractivity (Wildman–Crippen MR) is 108 cm³/mol. The van der Waals surface area contributed by atoms with Gasteiger partial charge < -0.3 is 24.3 Å². The van der Waals surface area contributed by atoms with Gasteiger partial charge in [-0.15, -0.1) is 0 Å². The lowest BCUT2D eigenvalue weighted by atomic mass is 9.87. The quantitative estimate of drug-likeness (QED) is 0.489. The molecule has 0 aromatic heterocycles. The Balaban J connectivity index is 1.48. The zero-order valence-corrected chi connectivity index (χ0v) is 19.0. The van der Waals surface area contributed by atoms with E-state index in [0.29, 0.717) is 0 Å². The Labute approximate surface area is 182 Å². The summed E-state index contributed by atoms with van der Waals surface area (Å²) in [6.45, 7) is 9.02. The molecule has 6 atom stereocenters. The summed E-state index contributed by atoms with van der Waals surface area (Å²) in [5.41, 5.74) is 0.943. The topological polar surface area (TPSA) is 109 Å². The summed E-state index contributed by atoms with van der Waals surface area (Å²) in [4.78, 5) is 12.0. The van der Waals surface area contributed by atoms with Crippen LogP contribution in [0.5, 0.6) is 0 Å². The Hall–Kier alpha value is -1.56. The van der Waals surface area contributed by atoms with Crippen molar-refractivity contribution in [2.24, 2.45) is 11.8 Å². The van der Waals surface area contributed by atoms with E-state index in [9.17, 15) is 13.2 Å². The average Bonchev–Trinajstić information content (AvgIpc) is 3.11. The third-order valence-electron chi connectivity index (χ3n) is 5.72. The lowest BCUT2D eigenvalue weighted by Gasteiger charge is -2.41. The van der Waals surface area contributed by atoms with Crippen molar-refractivity contribution in [1.82, 2.24) is 5.32 Å². The fourth-order valence-corrected chi connectivity index (χ4v) is 5.00. The molecule has 31 heavy (non-hydrogen) atoms. The van der Waals surface area contributed by atoms with E-state index < -0.39 is 46.7 Å². The monoisotopic (exact) mass is 455 g/mol. The molecule has 4 rings (SSSR count). The first-order valence-corrected chi connectivity index (χ1v) is 11.8. The number of β-lactam (4-membered cyclic amide) rings is 1. The van der Waals surface area contributed by atoms with Gasteiger partial charge in [-0.2, -0.15) is 8.42 Å². The first kappa shape index (κ1) is 22.6. The second-order valence-electron chi connectivity index (χ2n) is 8.99. The van der Waals surface area contributed by atoms with E-state index in [1.807, 2.05) is 20.8 Å². The van der Waals surface area contributed by atoms with Gasteiger partial charge in [0.25, 0.3) is 10.1 Å². The van der Waals surface area contributed by atoms with E-state index in [-0.39, 0.29) is 29.2 Å². The standard InChI is InChI=1S/C21H29NO8S/c1-11(2)15-18(23)22-19(15)28-16-14(27-20-17(16)29-21(4,5)30-20)10-26-31(24,25)13-8-6-12(3)7-9-13/h6-9,11,14-17,19-20H,10H2,1-5H3,(H,22,23)/t14-,15+,16+,17-,19-,20-/m1/s1. The summed E-state index contributed by atoms with van der Waals surface area (Å²) >= 11 is 0. The van der Waals surface area contributed by atoms with Gasteiger partial charge in [-0.05, 0) is 38.8 Å². The number of amides is 1. The first-order valence-electron chi connectivity index (χ1n) is 10.4. The summed E-state index contributed by atoms with van der Waals surface area (Å²) < 4.78 is 54.3. The largest absolute Gasteiger partial charge is 0.349 e. The van der Waals surface area contributed by atoms with Crippen molar-refractivity contribution < 1.29 is 36.3 Å². The highest BCUT2D eigenvalue weighted by molar-refractivity contribution is 7.86. The Morgan fingerprint density at radius 2 is 1.84 bits per heavy atom. The van der Waals surface area contributed by atoms with Crippen LogP contribution in [-0.2, 0) is 38.0 Å². The van der Waals surface area contributed by atoms with Crippen LogP contribution < -0.4 is 5.32 Å². The minimum atomic E-state index is -3.97. The number of nitrogens with one attached hydrogen (secondary N) is 1.